The van der Waals surface area contributed by atoms with Gasteiger partial charge in [-0.15, -0.1) is 6.58 Å². The van der Waals surface area contributed by atoms with Crippen molar-refractivity contribution in [2.24, 2.45) is 0 Å². The number of hydrogen-bond acceptors (Lipinski definition) is 1. The van der Waals surface area contributed by atoms with Gasteiger partial charge in [0.2, 0.25) is 0 Å². The highest BCUT2D eigenvalue weighted by Gasteiger charge is 2.02. The summed E-state index contributed by atoms with van der Waals surface area (Å²) in [5, 5.41) is 0. The predicted octanol–water partition coefficient (Wildman–Crippen LogP) is 4.43. The quantitative estimate of drug-likeness (QED) is 0.486. The molecule has 1 nitrogen and oxygen atoms in total. The first-order valence-corrected chi connectivity index (χ1v) is 6.05. The van der Waals surface area contributed by atoms with Crippen molar-refractivity contribution in [3.63, 3.8) is 0 Å². The van der Waals surface area contributed by atoms with Gasteiger partial charge in [-0.25, -0.2) is 0 Å². The fraction of sp³-hybridized carbons (Fsp3) is 0.467. The van der Waals surface area contributed by atoms with Crippen LogP contribution in [0.4, 0.5) is 0 Å². The van der Waals surface area contributed by atoms with Gasteiger partial charge < -0.3 is 4.74 Å². The van der Waals surface area contributed by atoms with E-state index < -0.39 is 0 Å². The van der Waals surface area contributed by atoms with Crippen LogP contribution in [0.3, 0.4) is 0 Å². The van der Waals surface area contributed by atoms with Crippen LogP contribution in [0.25, 0.3) is 0 Å². The van der Waals surface area contributed by atoms with E-state index in [1.165, 1.54) is 24.0 Å². The summed E-state index contributed by atoms with van der Waals surface area (Å²) in [6.45, 7) is 8.73. The van der Waals surface area contributed by atoms with Gasteiger partial charge in [-0.3, -0.25) is 0 Å². The van der Waals surface area contributed by atoms with E-state index in [1.54, 1.807) is 0 Å². The molecule has 1 heteroatoms. The van der Waals surface area contributed by atoms with Gasteiger partial charge in [-0.1, -0.05) is 24.3 Å². The molecule has 1 aromatic rings. The first-order chi connectivity index (χ1) is 7.75. The van der Waals surface area contributed by atoms with E-state index in [0.29, 0.717) is 0 Å². The van der Waals surface area contributed by atoms with Crippen LogP contribution >= 0.6 is 0 Å². The van der Waals surface area contributed by atoms with Crippen molar-refractivity contribution < 1.29 is 4.74 Å². The number of unbranched alkanes of at least 4 members (excludes halogenated alkanes) is 3. The van der Waals surface area contributed by atoms with Crippen molar-refractivity contribution in [3.05, 3.63) is 42.0 Å². The Morgan fingerprint density at radius 3 is 2.44 bits per heavy atom. The molecule has 0 aliphatic rings. The Bertz CT molecular complexity index is 308. The number of para-hydroxylation sites is 1. The standard InChI is InChI=1S/C15H22O/c1-4-5-6-7-8-12-16-15-13(2)10-9-11-14(15)3/h4,9-11H,1,5-8,12H2,2-3H3. The summed E-state index contributed by atoms with van der Waals surface area (Å²) in [5.41, 5.74) is 2.46. The fourth-order valence-corrected chi connectivity index (χ4v) is 1.77. The van der Waals surface area contributed by atoms with Gasteiger partial charge in [0.1, 0.15) is 5.75 Å². The smallest absolute Gasteiger partial charge is 0.125 e. The van der Waals surface area contributed by atoms with Crippen LogP contribution in [0.2, 0.25) is 0 Å². The molecular weight excluding hydrogens is 196 g/mol. The molecule has 0 fully saturated rings. The van der Waals surface area contributed by atoms with Crippen molar-refractivity contribution in [1.29, 1.82) is 0 Å². The van der Waals surface area contributed by atoms with Gasteiger partial charge >= 0.3 is 0 Å². The molecule has 88 valence electrons. The second-order valence-electron chi connectivity index (χ2n) is 4.21. The Morgan fingerprint density at radius 1 is 1.12 bits per heavy atom. The Labute approximate surface area is 99.1 Å². The Morgan fingerprint density at radius 2 is 1.81 bits per heavy atom. The molecule has 0 aliphatic heterocycles. The number of benzene rings is 1. The normalized spacial score (nSPS) is 10.1. The molecule has 0 atom stereocenters. The minimum atomic E-state index is 0.822. The van der Waals surface area contributed by atoms with Crippen molar-refractivity contribution in [1.82, 2.24) is 0 Å². The molecule has 0 radical (unpaired) electrons. The molecule has 0 saturated heterocycles. The first kappa shape index (κ1) is 12.8. The van der Waals surface area contributed by atoms with Crippen LogP contribution < -0.4 is 4.74 Å². The van der Waals surface area contributed by atoms with Crippen LogP contribution in [0.1, 0.15) is 36.8 Å². The van der Waals surface area contributed by atoms with E-state index in [9.17, 15) is 0 Å². The number of ether oxygens (including phenoxy) is 1. The molecule has 0 spiro atoms. The highest BCUT2D eigenvalue weighted by atomic mass is 16.5. The molecule has 0 N–H and O–H groups in total. The molecule has 0 unspecified atom stereocenters. The van der Waals surface area contributed by atoms with Crippen molar-refractivity contribution in [2.45, 2.75) is 39.5 Å². The van der Waals surface area contributed by atoms with Crippen molar-refractivity contribution in [3.8, 4) is 5.75 Å². The summed E-state index contributed by atoms with van der Waals surface area (Å²) in [7, 11) is 0. The van der Waals surface area contributed by atoms with Crippen LogP contribution in [0, 0.1) is 13.8 Å². The van der Waals surface area contributed by atoms with E-state index in [-0.39, 0.29) is 0 Å². The summed E-state index contributed by atoms with van der Waals surface area (Å²) < 4.78 is 5.82. The molecule has 1 rings (SSSR count). The van der Waals surface area contributed by atoms with E-state index in [0.717, 1.165) is 25.2 Å². The van der Waals surface area contributed by atoms with E-state index in [2.05, 4.69) is 38.6 Å². The van der Waals surface area contributed by atoms with E-state index in [1.807, 2.05) is 6.08 Å². The van der Waals surface area contributed by atoms with E-state index in [4.69, 9.17) is 4.74 Å². The average molecular weight is 218 g/mol. The van der Waals surface area contributed by atoms with Crippen LogP contribution in [0.5, 0.6) is 5.75 Å². The third-order valence-corrected chi connectivity index (χ3v) is 2.71. The zero-order valence-corrected chi connectivity index (χ0v) is 10.5. The lowest BCUT2D eigenvalue weighted by Gasteiger charge is -2.11. The van der Waals surface area contributed by atoms with Gasteiger partial charge in [-0.2, -0.15) is 0 Å². The van der Waals surface area contributed by atoms with Crippen LogP contribution in [-0.2, 0) is 0 Å². The molecule has 0 heterocycles. The predicted molar refractivity (Wildman–Crippen MR) is 70.1 cm³/mol. The van der Waals surface area contributed by atoms with Gasteiger partial charge in [0.25, 0.3) is 0 Å². The Hall–Kier alpha value is -1.24. The first-order valence-electron chi connectivity index (χ1n) is 6.05. The molecule has 0 aliphatic carbocycles. The molecule has 1 aromatic carbocycles. The van der Waals surface area contributed by atoms with Crippen molar-refractivity contribution in [2.75, 3.05) is 6.61 Å². The largest absolute Gasteiger partial charge is 0.493 e. The van der Waals surface area contributed by atoms with Crippen molar-refractivity contribution >= 4 is 0 Å². The maximum Gasteiger partial charge on any atom is 0.125 e. The number of aryl methyl sites for hydroxylation is 2. The zero-order chi connectivity index (χ0) is 11.8. The highest BCUT2D eigenvalue weighted by molar-refractivity contribution is 5.39. The van der Waals surface area contributed by atoms with E-state index >= 15 is 0 Å². The van der Waals surface area contributed by atoms with Gasteiger partial charge in [-0.05, 0) is 50.7 Å². The maximum absolute atomic E-state index is 5.82. The van der Waals surface area contributed by atoms with Gasteiger partial charge in [0.15, 0.2) is 0 Å². The number of hydrogen-bond donors (Lipinski definition) is 0. The summed E-state index contributed by atoms with van der Waals surface area (Å²) in [4.78, 5) is 0. The van der Waals surface area contributed by atoms with Gasteiger partial charge in [0, 0.05) is 0 Å². The van der Waals surface area contributed by atoms with Crippen LogP contribution in [0.15, 0.2) is 30.9 Å². The summed E-state index contributed by atoms with van der Waals surface area (Å²) in [5.74, 6) is 1.06. The lowest BCUT2D eigenvalue weighted by Crippen LogP contribution is -2.00. The molecule has 0 aromatic heterocycles. The lowest BCUT2D eigenvalue weighted by molar-refractivity contribution is 0.301. The second kappa shape index (κ2) is 7.10. The zero-order valence-electron chi connectivity index (χ0n) is 10.5. The lowest BCUT2D eigenvalue weighted by atomic mass is 10.1. The molecular formula is C15H22O. The number of rotatable bonds is 7. The number of allylic oxidation sites excluding steroid dienone is 1. The third kappa shape index (κ3) is 4.09. The fourth-order valence-electron chi connectivity index (χ4n) is 1.77. The summed E-state index contributed by atoms with van der Waals surface area (Å²) in [6.07, 6.45) is 6.66. The molecule has 0 saturated carbocycles. The van der Waals surface area contributed by atoms with Gasteiger partial charge in [0.05, 0.1) is 6.61 Å². The summed E-state index contributed by atoms with van der Waals surface area (Å²) in [6, 6.07) is 6.27. The SMILES string of the molecule is C=CCCCCCOc1c(C)cccc1C. The highest BCUT2D eigenvalue weighted by Crippen LogP contribution is 2.22. The molecule has 0 bridgehead atoms. The molecule has 0 amide bonds. The minimum absolute atomic E-state index is 0.822. The Kier molecular flexibility index (Phi) is 5.69. The third-order valence-electron chi connectivity index (χ3n) is 2.71. The second-order valence-corrected chi connectivity index (χ2v) is 4.21. The maximum atomic E-state index is 5.82. The Balaban J connectivity index is 2.29. The monoisotopic (exact) mass is 218 g/mol. The van der Waals surface area contributed by atoms with Crippen LogP contribution in [-0.4, -0.2) is 6.61 Å². The topological polar surface area (TPSA) is 9.23 Å². The summed E-state index contributed by atoms with van der Waals surface area (Å²) >= 11 is 0. The average Bonchev–Trinajstić information content (AvgIpc) is 2.26. The molecule has 16 heavy (non-hydrogen) atoms. The minimum Gasteiger partial charge on any atom is -0.493 e.